The van der Waals surface area contributed by atoms with E-state index in [0.717, 1.165) is 43.5 Å². The van der Waals surface area contributed by atoms with Crippen molar-refractivity contribution in [2.75, 3.05) is 19.8 Å². The predicted molar refractivity (Wildman–Crippen MR) is 97.7 cm³/mol. The van der Waals surface area contributed by atoms with Crippen molar-refractivity contribution in [1.82, 2.24) is 0 Å². The number of ether oxygens (including phenoxy) is 1. The van der Waals surface area contributed by atoms with Gasteiger partial charge in [-0.05, 0) is 42.1 Å². The van der Waals surface area contributed by atoms with E-state index in [9.17, 15) is 5.11 Å². The number of hydrogen-bond donors (Lipinski definition) is 0. The Morgan fingerprint density at radius 1 is 1.09 bits per heavy atom. The van der Waals surface area contributed by atoms with Crippen LogP contribution in [0.3, 0.4) is 0 Å². The first-order chi connectivity index (χ1) is 10.8. The van der Waals surface area contributed by atoms with Crippen LogP contribution in [0.1, 0.15) is 46.5 Å². The summed E-state index contributed by atoms with van der Waals surface area (Å²) in [6, 6.07) is 0. The lowest BCUT2D eigenvalue weighted by atomic mass is 10.2. The van der Waals surface area contributed by atoms with Crippen LogP contribution >= 0.6 is 0 Å². The van der Waals surface area contributed by atoms with Crippen molar-refractivity contribution < 1.29 is 14.3 Å². The Labute approximate surface area is 143 Å². The van der Waals surface area contributed by atoms with E-state index < -0.39 is 8.32 Å². The van der Waals surface area contributed by atoms with E-state index in [1.807, 2.05) is 18.2 Å². The van der Waals surface area contributed by atoms with Crippen molar-refractivity contribution >= 4 is 8.32 Å². The third-order valence-corrected chi connectivity index (χ3v) is 9.32. The van der Waals surface area contributed by atoms with E-state index in [4.69, 9.17) is 9.16 Å². The summed E-state index contributed by atoms with van der Waals surface area (Å²) < 4.78 is 11.8. The summed E-state index contributed by atoms with van der Waals surface area (Å²) in [4.78, 5) is 0. The standard InChI is InChI=1S/C19H34O3Si/c1-19(2,3)23(4,5)22-14-9-7-6-8-13-21-16-18-12-10-11-17(18)15-20/h10-12,15,20H,6-9,13-14,16H2,1-5H3/p-1. The zero-order valence-electron chi connectivity index (χ0n) is 15.5. The summed E-state index contributed by atoms with van der Waals surface area (Å²) in [5, 5.41) is 11.1. The van der Waals surface area contributed by atoms with Gasteiger partial charge in [-0.2, -0.15) is 0 Å². The van der Waals surface area contributed by atoms with Crippen LogP contribution in [0.4, 0.5) is 0 Å². The SMILES string of the molecule is CC(C)(C)[Si](C)(C)OCCCCCCOCC1=CC=CC1=C[O-]. The molecule has 1 aliphatic carbocycles. The summed E-state index contributed by atoms with van der Waals surface area (Å²) >= 11 is 0. The van der Waals surface area contributed by atoms with Gasteiger partial charge in [-0.3, -0.25) is 0 Å². The van der Waals surface area contributed by atoms with Crippen LogP contribution in [0.2, 0.25) is 18.1 Å². The quantitative estimate of drug-likeness (QED) is 0.338. The molecule has 0 aromatic heterocycles. The van der Waals surface area contributed by atoms with Crippen LogP contribution in [0, 0.1) is 0 Å². The first kappa shape index (κ1) is 20.2. The molecule has 0 aromatic carbocycles. The second kappa shape index (κ2) is 9.45. The summed E-state index contributed by atoms with van der Waals surface area (Å²) in [5.74, 6) is 0. The Kier molecular flexibility index (Phi) is 8.30. The Bertz CT molecular complexity index is 442. The highest BCUT2D eigenvalue weighted by molar-refractivity contribution is 6.74. The Morgan fingerprint density at radius 2 is 1.74 bits per heavy atom. The third kappa shape index (κ3) is 7.06. The number of unbranched alkanes of at least 4 members (excludes halogenated alkanes) is 3. The topological polar surface area (TPSA) is 41.5 Å². The molecule has 0 saturated carbocycles. The molecule has 0 heterocycles. The smallest absolute Gasteiger partial charge is 0.191 e. The van der Waals surface area contributed by atoms with E-state index in [1.54, 1.807) is 0 Å². The van der Waals surface area contributed by atoms with Crippen LogP contribution in [0.5, 0.6) is 0 Å². The molecule has 1 rings (SSSR count). The number of allylic oxidation sites excluding steroid dienone is 3. The van der Waals surface area contributed by atoms with Crippen LogP contribution in [-0.2, 0) is 9.16 Å². The molecule has 23 heavy (non-hydrogen) atoms. The minimum Gasteiger partial charge on any atom is -0.877 e. The highest BCUT2D eigenvalue weighted by Crippen LogP contribution is 2.36. The van der Waals surface area contributed by atoms with Crippen molar-refractivity contribution in [3.63, 3.8) is 0 Å². The molecule has 0 atom stereocenters. The fourth-order valence-corrected chi connectivity index (χ4v) is 3.19. The lowest BCUT2D eigenvalue weighted by molar-refractivity contribution is -0.275. The molecular formula is C19H33O3Si-. The molecule has 1 aliphatic rings. The largest absolute Gasteiger partial charge is 0.877 e. The summed E-state index contributed by atoms with van der Waals surface area (Å²) in [6.45, 7) is 13.6. The summed E-state index contributed by atoms with van der Waals surface area (Å²) in [7, 11) is -1.58. The van der Waals surface area contributed by atoms with Crippen molar-refractivity contribution in [3.8, 4) is 0 Å². The van der Waals surface area contributed by atoms with Crippen molar-refractivity contribution in [3.05, 3.63) is 35.6 Å². The first-order valence-electron chi connectivity index (χ1n) is 8.69. The van der Waals surface area contributed by atoms with Crippen LogP contribution in [-0.4, -0.2) is 28.1 Å². The van der Waals surface area contributed by atoms with Gasteiger partial charge in [0.25, 0.3) is 0 Å². The van der Waals surface area contributed by atoms with E-state index in [1.165, 1.54) is 12.8 Å². The maximum absolute atomic E-state index is 10.8. The number of hydrogen-bond acceptors (Lipinski definition) is 3. The second-order valence-electron chi connectivity index (χ2n) is 7.70. The van der Waals surface area contributed by atoms with Crippen molar-refractivity contribution in [2.45, 2.75) is 64.6 Å². The second-order valence-corrected chi connectivity index (χ2v) is 12.5. The third-order valence-electron chi connectivity index (χ3n) is 4.78. The van der Waals surface area contributed by atoms with Gasteiger partial charge in [-0.15, -0.1) is 6.26 Å². The monoisotopic (exact) mass is 337 g/mol. The van der Waals surface area contributed by atoms with Gasteiger partial charge < -0.3 is 14.3 Å². The molecule has 3 nitrogen and oxygen atoms in total. The highest BCUT2D eigenvalue weighted by atomic mass is 28.4. The summed E-state index contributed by atoms with van der Waals surface area (Å²) in [6.07, 6.45) is 11.1. The maximum atomic E-state index is 10.8. The molecule has 4 heteroatoms. The lowest BCUT2D eigenvalue weighted by Gasteiger charge is -2.36. The van der Waals surface area contributed by atoms with Gasteiger partial charge in [0.15, 0.2) is 8.32 Å². The van der Waals surface area contributed by atoms with Crippen LogP contribution < -0.4 is 5.11 Å². The fourth-order valence-electron chi connectivity index (χ4n) is 2.10. The molecule has 0 fully saturated rings. The molecule has 0 aliphatic heterocycles. The minimum absolute atomic E-state index is 0.294. The van der Waals surface area contributed by atoms with E-state index in [0.29, 0.717) is 11.6 Å². The molecular weight excluding hydrogens is 304 g/mol. The first-order valence-corrected chi connectivity index (χ1v) is 11.6. The molecule has 0 saturated heterocycles. The molecule has 0 amide bonds. The normalized spacial score (nSPS) is 17.1. The number of rotatable bonds is 10. The van der Waals surface area contributed by atoms with Gasteiger partial charge in [0.1, 0.15) is 0 Å². The van der Waals surface area contributed by atoms with Gasteiger partial charge >= 0.3 is 0 Å². The molecule has 0 unspecified atom stereocenters. The van der Waals surface area contributed by atoms with E-state index in [-0.39, 0.29) is 0 Å². The minimum atomic E-state index is -1.58. The molecule has 0 N–H and O–H groups in total. The Balaban J connectivity index is 1.99. The van der Waals surface area contributed by atoms with Crippen LogP contribution in [0.15, 0.2) is 35.6 Å². The predicted octanol–water partition coefficient (Wildman–Crippen LogP) is 4.33. The van der Waals surface area contributed by atoms with Gasteiger partial charge in [0, 0.05) is 13.2 Å². The fraction of sp³-hybridized carbons (Fsp3) is 0.684. The average Bonchev–Trinajstić information content (AvgIpc) is 2.91. The highest BCUT2D eigenvalue weighted by Gasteiger charge is 2.36. The molecule has 132 valence electrons. The van der Waals surface area contributed by atoms with Gasteiger partial charge in [-0.25, -0.2) is 0 Å². The van der Waals surface area contributed by atoms with Gasteiger partial charge in [-0.1, -0.05) is 51.8 Å². The van der Waals surface area contributed by atoms with Gasteiger partial charge in [0.05, 0.1) is 6.61 Å². The van der Waals surface area contributed by atoms with Crippen molar-refractivity contribution in [2.24, 2.45) is 0 Å². The molecule has 0 spiro atoms. The van der Waals surface area contributed by atoms with E-state index >= 15 is 0 Å². The zero-order valence-corrected chi connectivity index (χ0v) is 16.5. The van der Waals surface area contributed by atoms with E-state index in [2.05, 4.69) is 33.9 Å². The Morgan fingerprint density at radius 3 is 2.35 bits per heavy atom. The summed E-state index contributed by atoms with van der Waals surface area (Å²) in [5.41, 5.74) is 1.73. The van der Waals surface area contributed by atoms with Gasteiger partial charge in [0.2, 0.25) is 0 Å². The lowest BCUT2D eigenvalue weighted by Crippen LogP contribution is -2.40. The molecule has 0 radical (unpaired) electrons. The molecule has 0 bridgehead atoms. The Hall–Kier alpha value is -0.843. The zero-order chi connectivity index (χ0) is 17.3. The molecule has 0 aromatic rings. The maximum Gasteiger partial charge on any atom is 0.191 e. The van der Waals surface area contributed by atoms with Crippen molar-refractivity contribution in [1.29, 1.82) is 0 Å². The average molecular weight is 338 g/mol. The van der Waals surface area contributed by atoms with Crippen LogP contribution in [0.25, 0.3) is 0 Å².